The molecule has 0 spiro atoms. The van der Waals surface area contributed by atoms with Crippen molar-refractivity contribution in [3.8, 4) is 0 Å². The average Bonchev–Trinajstić information content (AvgIpc) is 2.45. The predicted octanol–water partition coefficient (Wildman–Crippen LogP) is 2.59. The Balaban J connectivity index is 2.07. The van der Waals surface area contributed by atoms with Gasteiger partial charge in [-0.05, 0) is 57.8 Å². The summed E-state index contributed by atoms with van der Waals surface area (Å²) < 4.78 is 0. The van der Waals surface area contributed by atoms with Gasteiger partial charge < -0.3 is 10.2 Å². The Bertz CT molecular complexity index is 441. The maximum Gasteiger partial charge on any atom is 0.272 e. The van der Waals surface area contributed by atoms with Gasteiger partial charge >= 0.3 is 0 Å². The summed E-state index contributed by atoms with van der Waals surface area (Å²) >= 11 is 5.82. The molecule has 0 saturated carbocycles. The van der Waals surface area contributed by atoms with Crippen LogP contribution in [0.4, 0.5) is 0 Å². The van der Waals surface area contributed by atoms with E-state index in [4.69, 9.17) is 11.6 Å². The Labute approximate surface area is 125 Å². The van der Waals surface area contributed by atoms with E-state index >= 15 is 0 Å². The third kappa shape index (κ3) is 3.93. The number of nitrogens with one attached hydrogen (secondary N) is 1. The highest BCUT2D eigenvalue weighted by Gasteiger charge is 2.24. The molecule has 0 radical (unpaired) electrons. The molecule has 1 aliphatic heterocycles. The molecular weight excluding hydrogens is 274 g/mol. The van der Waals surface area contributed by atoms with E-state index in [0.717, 1.165) is 32.5 Å². The van der Waals surface area contributed by atoms with Crippen LogP contribution in [0.15, 0.2) is 18.3 Å². The first kappa shape index (κ1) is 15.3. The maximum absolute atomic E-state index is 12.6. The van der Waals surface area contributed by atoms with Crippen molar-refractivity contribution >= 4 is 17.5 Å². The van der Waals surface area contributed by atoms with Gasteiger partial charge in [-0.2, -0.15) is 0 Å². The summed E-state index contributed by atoms with van der Waals surface area (Å²) in [7, 11) is 0. The first-order chi connectivity index (χ1) is 9.58. The van der Waals surface area contributed by atoms with Gasteiger partial charge in [0.25, 0.3) is 5.91 Å². The van der Waals surface area contributed by atoms with E-state index in [1.807, 2.05) is 4.90 Å². The van der Waals surface area contributed by atoms with Gasteiger partial charge in [0.2, 0.25) is 0 Å². The van der Waals surface area contributed by atoms with Gasteiger partial charge in [0, 0.05) is 18.8 Å². The highest BCUT2D eigenvalue weighted by molar-refractivity contribution is 6.30. The van der Waals surface area contributed by atoms with Crippen molar-refractivity contribution < 1.29 is 4.79 Å². The molecule has 0 unspecified atom stereocenters. The smallest absolute Gasteiger partial charge is 0.272 e. The number of hydrogen-bond acceptors (Lipinski definition) is 3. The van der Waals surface area contributed by atoms with Crippen molar-refractivity contribution in [2.75, 3.05) is 19.6 Å². The highest BCUT2D eigenvalue weighted by atomic mass is 35.5. The number of hydrogen-bond donors (Lipinski definition) is 1. The number of pyridine rings is 1. The van der Waals surface area contributed by atoms with Crippen molar-refractivity contribution in [2.45, 2.75) is 32.7 Å². The molecule has 1 aromatic rings. The Morgan fingerprint density at radius 1 is 1.45 bits per heavy atom. The SMILES string of the molecule is CC(C)N(CC1CCNCC1)C(=O)c1ccc(Cl)cn1. The van der Waals surface area contributed by atoms with Gasteiger partial charge in [-0.25, -0.2) is 4.98 Å². The number of piperidine rings is 1. The van der Waals surface area contributed by atoms with Gasteiger partial charge in [0.15, 0.2) is 0 Å². The molecule has 1 aromatic heterocycles. The van der Waals surface area contributed by atoms with Gasteiger partial charge in [0.05, 0.1) is 5.02 Å². The van der Waals surface area contributed by atoms with Crippen LogP contribution in [0.2, 0.25) is 5.02 Å². The molecule has 4 nitrogen and oxygen atoms in total. The van der Waals surface area contributed by atoms with Gasteiger partial charge in [-0.1, -0.05) is 11.6 Å². The molecule has 2 rings (SSSR count). The zero-order valence-corrected chi connectivity index (χ0v) is 12.9. The maximum atomic E-state index is 12.6. The number of halogens is 1. The van der Waals surface area contributed by atoms with Crippen molar-refractivity contribution in [3.05, 3.63) is 29.0 Å². The highest BCUT2D eigenvalue weighted by Crippen LogP contribution is 2.17. The normalized spacial score (nSPS) is 16.4. The fourth-order valence-corrected chi connectivity index (χ4v) is 2.63. The van der Waals surface area contributed by atoms with Gasteiger partial charge in [-0.15, -0.1) is 0 Å². The molecule has 1 N–H and O–H groups in total. The van der Waals surface area contributed by atoms with E-state index < -0.39 is 0 Å². The minimum absolute atomic E-state index is 0.00445. The van der Waals surface area contributed by atoms with Crippen molar-refractivity contribution in [1.82, 2.24) is 15.2 Å². The van der Waals surface area contributed by atoms with Crippen molar-refractivity contribution in [3.63, 3.8) is 0 Å². The first-order valence-corrected chi connectivity index (χ1v) is 7.59. The quantitative estimate of drug-likeness (QED) is 0.928. The topological polar surface area (TPSA) is 45.2 Å². The summed E-state index contributed by atoms with van der Waals surface area (Å²) in [4.78, 5) is 18.6. The summed E-state index contributed by atoms with van der Waals surface area (Å²) in [5.41, 5.74) is 0.469. The average molecular weight is 296 g/mol. The molecule has 1 saturated heterocycles. The third-order valence-electron chi connectivity index (χ3n) is 3.74. The van der Waals surface area contributed by atoms with Crippen LogP contribution < -0.4 is 5.32 Å². The summed E-state index contributed by atoms with van der Waals surface area (Å²) in [6, 6.07) is 3.59. The molecule has 1 aliphatic rings. The monoisotopic (exact) mass is 295 g/mol. The van der Waals surface area contributed by atoms with Crippen LogP contribution in [-0.4, -0.2) is 41.5 Å². The number of carbonyl (C=O) groups is 1. The van der Waals surface area contributed by atoms with E-state index in [1.54, 1.807) is 12.1 Å². The number of nitrogens with zero attached hydrogens (tertiary/aromatic N) is 2. The summed E-state index contributed by atoms with van der Waals surface area (Å²) in [5, 5.41) is 3.91. The van der Waals surface area contributed by atoms with Crippen molar-refractivity contribution in [2.24, 2.45) is 5.92 Å². The lowest BCUT2D eigenvalue weighted by Gasteiger charge is -2.32. The van der Waals surface area contributed by atoms with Gasteiger partial charge in [0.1, 0.15) is 5.69 Å². The lowest BCUT2D eigenvalue weighted by molar-refractivity contribution is 0.0652. The van der Waals surface area contributed by atoms with Crippen LogP contribution in [0.5, 0.6) is 0 Å². The molecule has 0 bridgehead atoms. The lowest BCUT2D eigenvalue weighted by atomic mass is 9.97. The second-order valence-electron chi connectivity index (χ2n) is 5.61. The van der Waals surface area contributed by atoms with Crippen LogP contribution >= 0.6 is 11.6 Å². The number of amides is 1. The second kappa shape index (κ2) is 7.04. The van der Waals surface area contributed by atoms with Crippen LogP contribution in [-0.2, 0) is 0 Å². The second-order valence-corrected chi connectivity index (χ2v) is 6.04. The number of rotatable bonds is 4. The predicted molar refractivity (Wildman–Crippen MR) is 81.0 cm³/mol. The standard InChI is InChI=1S/C15H22ClN3O/c1-11(2)19(10-12-5-7-17-8-6-12)15(20)14-4-3-13(16)9-18-14/h3-4,9,11-12,17H,5-8,10H2,1-2H3. The summed E-state index contributed by atoms with van der Waals surface area (Å²) in [5.74, 6) is 0.574. The molecule has 1 amide bonds. The van der Waals surface area contributed by atoms with E-state index in [2.05, 4.69) is 24.1 Å². The summed E-state index contributed by atoms with van der Waals surface area (Å²) in [6.07, 6.45) is 3.78. The Kier molecular flexibility index (Phi) is 5.38. The van der Waals surface area contributed by atoms with E-state index in [9.17, 15) is 4.79 Å². The fourth-order valence-electron chi connectivity index (χ4n) is 2.52. The number of carbonyl (C=O) groups excluding carboxylic acids is 1. The van der Waals surface area contributed by atoms with Crippen LogP contribution in [0.3, 0.4) is 0 Å². The first-order valence-electron chi connectivity index (χ1n) is 7.21. The molecule has 5 heteroatoms. The van der Waals surface area contributed by atoms with Crippen molar-refractivity contribution in [1.29, 1.82) is 0 Å². The minimum atomic E-state index is -0.00445. The molecule has 110 valence electrons. The lowest BCUT2D eigenvalue weighted by Crippen LogP contribution is -2.43. The Morgan fingerprint density at radius 2 is 2.15 bits per heavy atom. The zero-order chi connectivity index (χ0) is 14.5. The molecule has 0 aromatic carbocycles. The Morgan fingerprint density at radius 3 is 2.70 bits per heavy atom. The molecule has 1 fully saturated rings. The molecule has 2 heterocycles. The number of aromatic nitrogens is 1. The minimum Gasteiger partial charge on any atom is -0.335 e. The van der Waals surface area contributed by atoms with E-state index in [-0.39, 0.29) is 11.9 Å². The van der Waals surface area contributed by atoms with Gasteiger partial charge in [-0.3, -0.25) is 4.79 Å². The summed E-state index contributed by atoms with van der Waals surface area (Å²) in [6.45, 7) is 7.00. The largest absolute Gasteiger partial charge is 0.335 e. The van der Waals surface area contributed by atoms with E-state index in [1.165, 1.54) is 6.20 Å². The van der Waals surface area contributed by atoms with E-state index in [0.29, 0.717) is 16.6 Å². The van der Waals surface area contributed by atoms with Crippen LogP contribution in [0, 0.1) is 5.92 Å². The molecule has 0 aliphatic carbocycles. The zero-order valence-electron chi connectivity index (χ0n) is 12.1. The molecular formula is C15H22ClN3O. The molecule has 0 atom stereocenters. The third-order valence-corrected chi connectivity index (χ3v) is 3.97. The van der Waals surface area contributed by atoms with Crippen LogP contribution in [0.25, 0.3) is 0 Å². The molecule has 20 heavy (non-hydrogen) atoms. The van der Waals surface area contributed by atoms with Crippen LogP contribution in [0.1, 0.15) is 37.2 Å². The fraction of sp³-hybridized carbons (Fsp3) is 0.600. The Hall–Kier alpha value is -1.13.